The van der Waals surface area contributed by atoms with Crippen LogP contribution in [0.25, 0.3) is 0 Å². The molecule has 2 heterocycles. The van der Waals surface area contributed by atoms with E-state index in [-0.39, 0.29) is 0 Å². The summed E-state index contributed by atoms with van der Waals surface area (Å²) < 4.78 is 7.29. The van der Waals surface area contributed by atoms with E-state index in [0.29, 0.717) is 16.7 Å². The Bertz CT molecular complexity index is 478. The second kappa shape index (κ2) is 4.78. The van der Waals surface area contributed by atoms with Crippen LogP contribution in [0, 0.1) is 4.64 Å². The fraction of sp³-hybridized carbons (Fsp3) is 0.667. The second-order valence-electron chi connectivity index (χ2n) is 4.83. The Labute approximate surface area is 114 Å². The monoisotopic (exact) mass is 314 g/mol. The van der Waals surface area contributed by atoms with Gasteiger partial charge in [0.2, 0.25) is 0 Å². The zero-order chi connectivity index (χ0) is 11.8. The largest absolute Gasteiger partial charge is 0.378 e. The first-order chi connectivity index (χ1) is 8.24. The first-order valence-corrected chi connectivity index (χ1v) is 7.34. The fourth-order valence-electron chi connectivity index (χ4n) is 2.30. The molecule has 2 fully saturated rings. The van der Waals surface area contributed by atoms with Crippen LogP contribution >= 0.6 is 28.1 Å². The molecule has 1 aromatic rings. The van der Waals surface area contributed by atoms with Gasteiger partial charge in [0.1, 0.15) is 10.5 Å². The highest BCUT2D eigenvalue weighted by Crippen LogP contribution is 2.42. The first kappa shape index (κ1) is 11.8. The third-order valence-electron chi connectivity index (χ3n) is 3.37. The molecule has 17 heavy (non-hydrogen) atoms. The van der Waals surface area contributed by atoms with Crippen LogP contribution in [-0.4, -0.2) is 22.7 Å². The molecule has 0 aromatic carbocycles. The number of ether oxygens (including phenoxy) is 1. The van der Waals surface area contributed by atoms with Crippen LogP contribution in [0.5, 0.6) is 0 Å². The summed E-state index contributed by atoms with van der Waals surface area (Å²) in [5.74, 6) is 1.63. The number of aromatic nitrogens is 2. The van der Waals surface area contributed by atoms with E-state index in [0.717, 1.165) is 36.2 Å². The zero-order valence-corrected chi connectivity index (χ0v) is 11.9. The predicted molar refractivity (Wildman–Crippen MR) is 71.8 cm³/mol. The minimum atomic E-state index is 0.321. The Morgan fingerprint density at radius 1 is 1.41 bits per heavy atom. The molecule has 1 aromatic heterocycles. The van der Waals surface area contributed by atoms with E-state index < -0.39 is 0 Å². The van der Waals surface area contributed by atoms with Crippen molar-refractivity contribution < 1.29 is 4.74 Å². The van der Waals surface area contributed by atoms with E-state index in [1.165, 1.54) is 18.5 Å². The maximum Gasteiger partial charge on any atom is 0.144 e. The van der Waals surface area contributed by atoms with Gasteiger partial charge in [-0.25, -0.2) is 4.98 Å². The summed E-state index contributed by atoms with van der Waals surface area (Å²) in [6, 6.07) is 0. The van der Waals surface area contributed by atoms with E-state index in [9.17, 15) is 0 Å². The van der Waals surface area contributed by atoms with Crippen molar-refractivity contribution in [3.8, 4) is 0 Å². The van der Waals surface area contributed by atoms with E-state index in [4.69, 9.17) is 17.0 Å². The van der Waals surface area contributed by atoms with Crippen molar-refractivity contribution in [1.82, 2.24) is 9.97 Å². The zero-order valence-electron chi connectivity index (χ0n) is 9.54. The Kier molecular flexibility index (Phi) is 3.32. The molecule has 2 aliphatic rings. The first-order valence-electron chi connectivity index (χ1n) is 6.14. The average molecular weight is 315 g/mol. The molecule has 1 aliphatic heterocycles. The number of nitrogens with zero attached hydrogens (tertiary/aromatic N) is 1. The van der Waals surface area contributed by atoms with Gasteiger partial charge in [-0.1, -0.05) is 12.2 Å². The Hall–Kier alpha value is -0.260. The van der Waals surface area contributed by atoms with Crippen molar-refractivity contribution in [3.63, 3.8) is 0 Å². The van der Waals surface area contributed by atoms with Gasteiger partial charge in [0.05, 0.1) is 10.6 Å². The van der Waals surface area contributed by atoms with Gasteiger partial charge >= 0.3 is 0 Å². The van der Waals surface area contributed by atoms with Crippen LogP contribution in [0.15, 0.2) is 4.47 Å². The minimum absolute atomic E-state index is 0.321. The molecule has 3 rings (SSSR count). The minimum Gasteiger partial charge on any atom is -0.378 e. The van der Waals surface area contributed by atoms with Crippen molar-refractivity contribution in [3.05, 3.63) is 20.6 Å². The summed E-state index contributed by atoms with van der Waals surface area (Å²) in [4.78, 5) is 7.88. The summed E-state index contributed by atoms with van der Waals surface area (Å²) in [5, 5.41) is 0. The maximum atomic E-state index is 5.64. The molecule has 0 spiro atoms. The van der Waals surface area contributed by atoms with Crippen LogP contribution in [-0.2, 0) is 11.2 Å². The van der Waals surface area contributed by atoms with E-state index in [1.807, 2.05) is 0 Å². The highest BCUT2D eigenvalue weighted by Gasteiger charge is 2.28. The molecule has 0 radical (unpaired) electrons. The SMILES string of the molecule is S=c1nc(CC2CCCO2)[nH]c(C2CC2)c1Br. The molecule has 1 saturated heterocycles. The van der Waals surface area contributed by atoms with Gasteiger partial charge in [-0.2, -0.15) is 0 Å². The lowest BCUT2D eigenvalue weighted by atomic mass is 10.1. The molecule has 1 atom stereocenters. The summed E-state index contributed by atoms with van der Waals surface area (Å²) in [6.07, 6.45) is 5.99. The van der Waals surface area contributed by atoms with Crippen molar-refractivity contribution in [2.45, 2.75) is 44.1 Å². The molecule has 1 unspecified atom stereocenters. The molecule has 1 aliphatic carbocycles. The van der Waals surface area contributed by atoms with Gasteiger partial charge in [-0.3, -0.25) is 0 Å². The normalized spacial score (nSPS) is 24.2. The molecule has 3 nitrogen and oxygen atoms in total. The Morgan fingerprint density at radius 2 is 2.24 bits per heavy atom. The lowest BCUT2D eigenvalue weighted by Gasteiger charge is -2.11. The lowest BCUT2D eigenvalue weighted by molar-refractivity contribution is 0.110. The Balaban J connectivity index is 1.86. The second-order valence-corrected chi connectivity index (χ2v) is 6.01. The average Bonchev–Trinajstić information content (AvgIpc) is 3.02. The van der Waals surface area contributed by atoms with Gasteiger partial charge < -0.3 is 9.72 Å². The van der Waals surface area contributed by atoms with Crippen LogP contribution in [0.4, 0.5) is 0 Å². The number of halogens is 1. The van der Waals surface area contributed by atoms with Crippen molar-refractivity contribution in [1.29, 1.82) is 0 Å². The van der Waals surface area contributed by atoms with Crippen molar-refractivity contribution >= 4 is 28.1 Å². The topological polar surface area (TPSA) is 37.9 Å². The van der Waals surface area contributed by atoms with E-state index in [1.54, 1.807) is 0 Å². The number of rotatable bonds is 3. The van der Waals surface area contributed by atoms with Crippen LogP contribution < -0.4 is 0 Å². The third kappa shape index (κ3) is 2.61. The standard InChI is InChI=1S/C12H15BrN2OS/c13-10-11(7-3-4-7)14-9(15-12(10)17)6-8-2-1-5-16-8/h7-8H,1-6H2,(H,14,15,17). The number of H-pyrrole nitrogens is 1. The summed E-state index contributed by atoms with van der Waals surface area (Å²) in [6.45, 7) is 0.886. The molecule has 0 bridgehead atoms. The molecule has 0 amide bonds. The van der Waals surface area contributed by atoms with Gasteiger partial charge in [-0.05, 0) is 41.6 Å². The van der Waals surface area contributed by atoms with Crippen molar-refractivity contribution in [2.75, 3.05) is 6.61 Å². The Morgan fingerprint density at radius 3 is 2.88 bits per heavy atom. The van der Waals surface area contributed by atoms with E-state index >= 15 is 0 Å². The van der Waals surface area contributed by atoms with Gasteiger partial charge in [-0.15, -0.1) is 0 Å². The van der Waals surface area contributed by atoms with Crippen molar-refractivity contribution in [2.24, 2.45) is 0 Å². The van der Waals surface area contributed by atoms with Crippen LogP contribution in [0.3, 0.4) is 0 Å². The lowest BCUT2D eigenvalue weighted by Crippen LogP contribution is -2.12. The highest BCUT2D eigenvalue weighted by atomic mass is 79.9. The number of hydrogen-bond acceptors (Lipinski definition) is 3. The predicted octanol–water partition coefficient (Wildman–Crippen LogP) is 3.50. The maximum absolute atomic E-state index is 5.64. The number of aromatic amines is 1. The molecule has 5 heteroatoms. The van der Waals surface area contributed by atoms with Crippen LogP contribution in [0.1, 0.15) is 43.1 Å². The fourth-order valence-corrected chi connectivity index (χ4v) is 3.03. The third-order valence-corrected chi connectivity index (χ3v) is 4.73. The summed E-state index contributed by atoms with van der Waals surface area (Å²) in [5.41, 5.74) is 1.23. The highest BCUT2D eigenvalue weighted by molar-refractivity contribution is 9.10. The van der Waals surface area contributed by atoms with Gasteiger partial charge in [0, 0.05) is 24.6 Å². The molecular weight excluding hydrogens is 300 g/mol. The number of nitrogens with one attached hydrogen (secondary N) is 1. The quantitative estimate of drug-likeness (QED) is 0.868. The molecule has 92 valence electrons. The molecule has 1 N–H and O–H groups in total. The summed E-state index contributed by atoms with van der Waals surface area (Å²) >= 11 is 8.84. The van der Waals surface area contributed by atoms with Crippen LogP contribution in [0.2, 0.25) is 0 Å². The van der Waals surface area contributed by atoms with E-state index in [2.05, 4.69) is 25.9 Å². The number of hydrogen-bond donors (Lipinski definition) is 1. The molecule has 1 saturated carbocycles. The van der Waals surface area contributed by atoms with Gasteiger partial charge in [0.15, 0.2) is 0 Å². The molecular formula is C12H15BrN2OS. The smallest absolute Gasteiger partial charge is 0.144 e. The van der Waals surface area contributed by atoms with Gasteiger partial charge in [0.25, 0.3) is 0 Å². The summed E-state index contributed by atoms with van der Waals surface area (Å²) in [7, 11) is 0.